The summed E-state index contributed by atoms with van der Waals surface area (Å²) >= 11 is 1.26. The molecule has 0 aliphatic carbocycles. The van der Waals surface area contributed by atoms with Crippen molar-refractivity contribution in [1.82, 2.24) is 10.3 Å². The Morgan fingerprint density at radius 2 is 2.08 bits per heavy atom. The van der Waals surface area contributed by atoms with Gasteiger partial charge in [0.2, 0.25) is 5.91 Å². The second-order valence-electron chi connectivity index (χ2n) is 5.15. The minimum Gasteiger partial charge on any atom is -0.550 e. The molecule has 0 unspecified atom stereocenters. The smallest absolute Gasteiger partial charge is 0.227 e. The number of aromatic nitrogens is 1. The predicted molar refractivity (Wildman–Crippen MR) is 90.5 cm³/mol. The Balaban J connectivity index is 1.89. The minimum absolute atomic E-state index is 0.103. The van der Waals surface area contributed by atoms with Crippen LogP contribution in [0.25, 0.3) is 0 Å². The molecule has 0 saturated carbocycles. The predicted octanol–water partition coefficient (Wildman–Crippen LogP) is 0.702. The number of nitrogens with zero attached hydrogens (tertiary/aromatic N) is 1. The van der Waals surface area contributed by atoms with Gasteiger partial charge in [-0.3, -0.25) is 4.79 Å². The summed E-state index contributed by atoms with van der Waals surface area (Å²) in [5.74, 6) is -0.114. The number of thiazole rings is 1. The molecule has 1 N–H and O–H groups in total. The number of nitrogens with one attached hydrogen (secondary N) is 1. The molecular formula is C17H19N2O5S-. The second kappa shape index (κ2) is 9.03. The van der Waals surface area contributed by atoms with E-state index in [1.54, 1.807) is 18.6 Å². The molecule has 7 nitrogen and oxygen atoms in total. The molecule has 1 heterocycles. The number of hydrogen-bond donors (Lipinski definition) is 1. The normalized spacial score (nSPS) is 10.3. The highest BCUT2D eigenvalue weighted by Crippen LogP contribution is 2.27. The molecule has 0 saturated heterocycles. The third-order valence-electron chi connectivity index (χ3n) is 3.25. The highest BCUT2D eigenvalue weighted by Gasteiger charge is 2.10. The van der Waals surface area contributed by atoms with Crippen LogP contribution in [0.1, 0.15) is 23.2 Å². The van der Waals surface area contributed by atoms with Gasteiger partial charge >= 0.3 is 0 Å². The maximum absolute atomic E-state index is 12.0. The van der Waals surface area contributed by atoms with Crippen LogP contribution in [0.5, 0.6) is 11.5 Å². The van der Waals surface area contributed by atoms with Crippen molar-refractivity contribution in [3.05, 3.63) is 39.8 Å². The van der Waals surface area contributed by atoms with E-state index < -0.39 is 5.97 Å². The van der Waals surface area contributed by atoms with Crippen molar-refractivity contribution in [3.63, 3.8) is 0 Å². The first-order valence-electron chi connectivity index (χ1n) is 7.71. The Hall–Kier alpha value is -2.61. The van der Waals surface area contributed by atoms with E-state index in [2.05, 4.69) is 10.3 Å². The topological polar surface area (TPSA) is 101 Å². The van der Waals surface area contributed by atoms with Gasteiger partial charge in [-0.05, 0) is 24.6 Å². The Morgan fingerprint density at radius 3 is 2.76 bits per heavy atom. The van der Waals surface area contributed by atoms with Crippen LogP contribution in [0.15, 0.2) is 23.6 Å². The lowest BCUT2D eigenvalue weighted by Gasteiger charge is -2.11. The Kier molecular flexibility index (Phi) is 6.76. The number of rotatable bonds is 9. The Labute approximate surface area is 149 Å². The number of benzene rings is 1. The lowest BCUT2D eigenvalue weighted by Crippen LogP contribution is -2.25. The van der Waals surface area contributed by atoms with E-state index in [0.717, 1.165) is 5.56 Å². The van der Waals surface area contributed by atoms with Crippen LogP contribution in [0.4, 0.5) is 0 Å². The molecule has 25 heavy (non-hydrogen) atoms. The number of ether oxygens (including phenoxy) is 2. The van der Waals surface area contributed by atoms with E-state index in [0.29, 0.717) is 35.4 Å². The first-order chi connectivity index (χ1) is 12.0. The molecule has 0 radical (unpaired) electrons. The molecule has 0 atom stereocenters. The fourth-order valence-corrected chi connectivity index (χ4v) is 2.95. The Bertz CT molecular complexity index is 744. The van der Waals surface area contributed by atoms with Crippen LogP contribution in [0.2, 0.25) is 0 Å². The van der Waals surface area contributed by atoms with Gasteiger partial charge in [0.05, 0.1) is 25.8 Å². The summed E-state index contributed by atoms with van der Waals surface area (Å²) in [6, 6.07) is 5.47. The van der Waals surface area contributed by atoms with Crippen LogP contribution < -0.4 is 19.9 Å². The lowest BCUT2D eigenvalue weighted by atomic mass is 10.2. The van der Waals surface area contributed by atoms with Crippen molar-refractivity contribution in [2.24, 2.45) is 0 Å². The van der Waals surface area contributed by atoms with Crippen molar-refractivity contribution in [2.45, 2.75) is 26.3 Å². The van der Waals surface area contributed by atoms with Gasteiger partial charge in [-0.25, -0.2) is 4.98 Å². The first-order valence-corrected chi connectivity index (χ1v) is 8.59. The van der Waals surface area contributed by atoms with Crippen molar-refractivity contribution < 1.29 is 24.2 Å². The highest BCUT2D eigenvalue weighted by molar-refractivity contribution is 7.09. The van der Waals surface area contributed by atoms with Crippen molar-refractivity contribution in [1.29, 1.82) is 0 Å². The lowest BCUT2D eigenvalue weighted by molar-refractivity contribution is -0.304. The zero-order valence-corrected chi connectivity index (χ0v) is 14.9. The van der Waals surface area contributed by atoms with E-state index in [-0.39, 0.29) is 18.7 Å². The number of hydrogen-bond acceptors (Lipinski definition) is 7. The van der Waals surface area contributed by atoms with E-state index in [4.69, 9.17) is 9.47 Å². The third-order valence-corrected chi connectivity index (χ3v) is 4.15. The second-order valence-corrected chi connectivity index (χ2v) is 6.10. The number of carboxylic acid groups (broad SMARTS) is 1. The summed E-state index contributed by atoms with van der Waals surface area (Å²) in [5.41, 5.74) is 1.29. The van der Waals surface area contributed by atoms with Gasteiger partial charge in [-0.15, -0.1) is 11.3 Å². The fourth-order valence-electron chi connectivity index (χ4n) is 2.16. The highest BCUT2D eigenvalue weighted by atomic mass is 32.1. The number of carboxylic acids is 1. The number of methoxy groups -OCH3 is 1. The number of amides is 1. The largest absolute Gasteiger partial charge is 0.550 e. The average molecular weight is 363 g/mol. The summed E-state index contributed by atoms with van der Waals surface area (Å²) in [4.78, 5) is 26.6. The van der Waals surface area contributed by atoms with Gasteiger partial charge in [0.25, 0.3) is 0 Å². The summed E-state index contributed by atoms with van der Waals surface area (Å²) in [5, 5.41) is 15.5. The molecular weight excluding hydrogens is 344 g/mol. The van der Waals surface area contributed by atoms with Gasteiger partial charge in [0.1, 0.15) is 5.01 Å². The van der Waals surface area contributed by atoms with Crippen LogP contribution in [-0.2, 0) is 29.0 Å². The first kappa shape index (κ1) is 18.7. The molecule has 0 aliphatic heterocycles. The van der Waals surface area contributed by atoms with Crippen LogP contribution in [0.3, 0.4) is 0 Å². The molecule has 2 aromatic rings. The van der Waals surface area contributed by atoms with Crippen LogP contribution in [0, 0.1) is 0 Å². The van der Waals surface area contributed by atoms with Crippen LogP contribution in [-0.4, -0.2) is 30.6 Å². The number of aliphatic carboxylic acids is 1. The van der Waals surface area contributed by atoms with Gasteiger partial charge in [0, 0.05) is 24.3 Å². The molecule has 8 heteroatoms. The minimum atomic E-state index is -1.19. The fraction of sp³-hybridized carbons (Fsp3) is 0.353. The van der Waals surface area contributed by atoms with Crippen molar-refractivity contribution in [2.75, 3.05) is 13.7 Å². The zero-order valence-electron chi connectivity index (χ0n) is 14.0. The zero-order chi connectivity index (χ0) is 18.2. The molecule has 0 bridgehead atoms. The Morgan fingerprint density at radius 1 is 1.28 bits per heavy atom. The molecule has 0 fully saturated rings. The summed E-state index contributed by atoms with van der Waals surface area (Å²) in [6.07, 6.45) is -0.143. The SMILES string of the molecule is CCOc1ccc(CNC(=O)Cc2nc(CC(=O)[O-])cs2)cc1OC. The molecule has 2 rings (SSSR count). The van der Waals surface area contributed by atoms with Gasteiger partial charge in [-0.1, -0.05) is 6.07 Å². The standard InChI is InChI=1S/C17H20N2O5S/c1-3-24-13-5-4-11(6-14(13)23-2)9-18-15(20)8-16-19-12(10-25-16)7-17(21)22/h4-6,10H,3,7-9H2,1-2H3,(H,18,20)(H,21,22)/p-1. The van der Waals surface area contributed by atoms with Gasteiger partial charge < -0.3 is 24.7 Å². The van der Waals surface area contributed by atoms with E-state index in [1.165, 1.54) is 11.3 Å². The summed E-state index contributed by atoms with van der Waals surface area (Å²) in [7, 11) is 1.56. The maximum atomic E-state index is 12.0. The molecule has 1 aromatic carbocycles. The molecule has 1 aromatic heterocycles. The molecule has 0 aliphatic rings. The van der Waals surface area contributed by atoms with Crippen LogP contribution >= 0.6 is 11.3 Å². The maximum Gasteiger partial charge on any atom is 0.227 e. The van der Waals surface area contributed by atoms with Gasteiger partial charge in [-0.2, -0.15) is 0 Å². The van der Waals surface area contributed by atoms with Crippen molar-refractivity contribution in [3.8, 4) is 11.5 Å². The number of carbonyl (C=O) groups is 2. The molecule has 134 valence electrons. The third kappa shape index (κ3) is 5.75. The van der Waals surface area contributed by atoms with E-state index >= 15 is 0 Å². The number of carbonyl (C=O) groups excluding carboxylic acids is 2. The summed E-state index contributed by atoms with van der Waals surface area (Å²) < 4.78 is 10.7. The monoisotopic (exact) mass is 363 g/mol. The molecule has 1 amide bonds. The molecule has 0 spiro atoms. The quantitative estimate of drug-likeness (QED) is 0.704. The summed E-state index contributed by atoms with van der Waals surface area (Å²) in [6.45, 7) is 2.78. The van der Waals surface area contributed by atoms with Gasteiger partial charge in [0.15, 0.2) is 11.5 Å². The van der Waals surface area contributed by atoms with E-state index in [1.807, 2.05) is 19.1 Å². The van der Waals surface area contributed by atoms with Crippen molar-refractivity contribution >= 4 is 23.2 Å². The van der Waals surface area contributed by atoms with E-state index in [9.17, 15) is 14.7 Å². The average Bonchev–Trinajstić information content (AvgIpc) is 3.00.